The maximum Gasteiger partial charge on any atom is 0.416 e. The molecule has 0 fully saturated rings. The van der Waals surface area contributed by atoms with E-state index in [2.05, 4.69) is 20.9 Å². The molecule has 0 unspecified atom stereocenters. The van der Waals surface area contributed by atoms with Crippen molar-refractivity contribution >= 4 is 15.9 Å². The maximum absolute atomic E-state index is 12.3. The predicted octanol–water partition coefficient (Wildman–Crippen LogP) is 3.30. The fourth-order valence-corrected chi connectivity index (χ4v) is 1.59. The van der Waals surface area contributed by atoms with Crippen LogP contribution < -0.4 is 0 Å². The zero-order valence-corrected chi connectivity index (χ0v) is 8.41. The van der Waals surface area contributed by atoms with Crippen LogP contribution in [0.2, 0.25) is 0 Å². The van der Waals surface area contributed by atoms with Gasteiger partial charge in [0.15, 0.2) is 0 Å². The molecule has 0 bridgehead atoms. The molecule has 5 heteroatoms. The minimum atomic E-state index is -4.29. The molecule has 0 N–H and O–H groups in total. The average molecular weight is 254 g/mol. The smallest absolute Gasteiger partial charge is 0.260 e. The molecular formula is C8H7BrF3N. The van der Waals surface area contributed by atoms with Crippen molar-refractivity contribution in [2.24, 2.45) is 0 Å². The maximum atomic E-state index is 12.3. The Morgan fingerprint density at radius 1 is 1.46 bits per heavy atom. The highest BCUT2D eigenvalue weighted by Crippen LogP contribution is 2.32. The molecule has 0 spiro atoms. The van der Waals surface area contributed by atoms with Gasteiger partial charge in [-0.3, -0.25) is 4.98 Å². The van der Waals surface area contributed by atoms with E-state index < -0.39 is 11.7 Å². The van der Waals surface area contributed by atoms with Gasteiger partial charge in [0.05, 0.1) is 11.3 Å². The third-order valence-electron chi connectivity index (χ3n) is 1.74. The van der Waals surface area contributed by atoms with Crippen LogP contribution in [0, 0.1) is 6.92 Å². The van der Waals surface area contributed by atoms with Crippen molar-refractivity contribution in [1.29, 1.82) is 0 Å². The van der Waals surface area contributed by atoms with Gasteiger partial charge in [-0.1, -0.05) is 15.9 Å². The van der Waals surface area contributed by atoms with Crippen LogP contribution in [0.3, 0.4) is 0 Å². The van der Waals surface area contributed by atoms with Crippen molar-refractivity contribution in [2.45, 2.75) is 18.4 Å². The van der Waals surface area contributed by atoms with Crippen LogP contribution in [-0.2, 0) is 11.5 Å². The molecule has 0 aliphatic rings. The second-order valence-electron chi connectivity index (χ2n) is 2.56. The first-order chi connectivity index (χ1) is 5.96. The Kier molecular flexibility index (Phi) is 2.95. The molecule has 72 valence electrons. The van der Waals surface area contributed by atoms with Gasteiger partial charge in [-0.2, -0.15) is 13.2 Å². The van der Waals surface area contributed by atoms with Gasteiger partial charge < -0.3 is 0 Å². The molecule has 0 saturated carbocycles. The van der Waals surface area contributed by atoms with Gasteiger partial charge in [0.2, 0.25) is 0 Å². The Morgan fingerprint density at radius 3 is 2.54 bits per heavy atom. The molecule has 1 heterocycles. The highest BCUT2D eigenvalue weighted by Gasteiger charge is 2.32. The molecule has 1 nitrogen and oxygen atoms in total. The van der Waals surface area contributed by atoms with E-state index in [1.807, 2.05) is 0 Å². The van der Waals surface area contributed by atoms with Crippen LogP contribution in [0.4, 0.5) is 13.2 Å². The third kappa shape index (κ3) is 2.21. The van der Waals surface area contributed by atoms with Crippen molar-refractivity contribution in [2.75, 3.05) is 0 Å². The first-order valence-corrected chi connectivity index (χ1v) is 4.66. The predicted molar refractivity (Wildman–Crippen MR) is 46.6 cm³/mol. The molecule has 1 aromatic heterocycles. The molecule has 13 heavy (non-hydrogen) atoms. The van der Waals surface area contributed by atoms with Crippen molar-refractivity contribution < 1.29 is 13.2 Å². The van der Waals surface area contributed by atoms with Crippen LogP contribution in [-0.4, -0.2) is 4.98 Å². The number of alkyl halides is 4. The Morgan fingerprint density at radius 2 is 2.08 bits per heavy atom. The molecule has 0 aliphatic carbocycles. The molecule has 0 saturated heterocycles. The van der Waals surface area contributed by atoms with Crippen LogP contribution in [0.25, 0.3) is 0 Å². The van der Waals surface area contributed by atoms with Crippen molar-refractivity contribution in [3.8, 4) is 0 Å². The van der Waals surface area contributed by atoms with Crippen LogP contribution in [0.1, 0.15) is 16.8 Å². The Labute approximate surface area is 82.1 Å². The number of rotatable bonds is 1. The zero-order chi connectivity index (χ0) is 10.1. The number of nitrogens with zero attached hydrogens (tertiary/aromatic N) is 1. The lowest BCUT2D eigenvalue weighted by atomic mass is 10.1. The molecule has 1 rings (SSSR count). The molecule has 0 atom stereocenters. The Bertz CT molecular complexity index is 309. The van der Waals surface area contributed by atoms with Crippen molar-refractivity contribution in [3.05, 3.63) is 29.1 Å². The zero-order valence-electron chi connectivity index (χ0n) is 6.82. The van der Waals surface area contributed by atoms with Gasteiger partial charge >= 0.3 is 6.18 Å². The summed E-state index contributed by atoms with van der Waals surface area (Å²) in [6.45, 7) is 1.42. The van der Waals surface area contributed by atoms with Gasteiger partial charge in [0, 0.05) is 11.5 Å². The quantitative estimate of drug-likeness (QED) is 0.700. The van der Waals surface area contributed by atoms with E-state index in [1.54, 1.807) is 0 Å². The monoisotopic (exact) mass is 253 g/mol. The van der Waals surface area contributed by atoms with E-state index in [0.29, 0.717) is 11.0 Å². The van der Waals surface area contributed by atoms with Crippen LogP contribution in [0.15, 0.2) is 12.3 Å². The second kappa shape index (κ2) is 3.65. The number of hydrogen-bond acceptors (Lipinski definition) is 1. The Hall–Kier alpha value is -0.580. The first-order valence-electron chi connectivity index (χ1n) is 3.54. The average Bonchev–Trinajstić information content (AvgIpc) is 2.02. The Balaban J connectivity index is 3.24. The van der Waals surface area contributed by atoms with Gasteiger partial charge in [0.1, 0.15) is 0 Å². The standard InChI is InChI=1S/C8H7BrF3N/c1-5-6(8(10,11)12)2-3-13-7(5)4-9/h2-3H,4H2,1H3. The summed E-state index contributed by atoms with van der Waals surface area (Å²) in [5.74, 6) is 0. The van der Waals surface area contributed by atoms with E-state index >= 15 is 0 Å². The largest absolute Gasteiger partial charge is 0.416 e. The summed E-state index contributed by atoms with van der Waals surface area (Å²) in [4.78, 5) is 3.82. The van der Waals surface area contributed by atoms with E-state index in [-0.39, 0.29) is 5.56 Å². The molecular weight excluding hydrogens is 247 g/mol. The number of hydrogen-bond donors (Lipinski definition) is 0. The van der Waals surface area contributed by atoms with Gasteiger partial charge in [0.25, 0.3) is 0 Å². The fraction of sp³-hybridized carbons (Fsp3) is 0.375. The number of aromatic nitrogens is 1. The second-order valence-corrected chi connectivity index (χ2v) is 3.12. The summed E-state index contributed by atoms with van der Waals surface area (Å²) in [5.41, 5.74) is -0.00125. The minimum absolute atomic E-state index is 0.187. The molecule has 0 amide bonds. The summed E-state index contributed by atoms with van der Waals surface area (Å²) < 4.78 is 37.0. The highest BCUT2D eigenvalue weighted by molar-refractivity contribution is 9.08. The molecule has 0 aliphatic heterocycles. The van der Waals surface area contributed by atoms with E-state index in [9.17, 15) is 13.2 Å². The minimum Gasteiger partial charge on any atom is -0.260 e. The summed E-state index contributed by atoms with van der Waals surface area (Å²) in [5, 5.41) is 0.336. The van der Waals surface area contributed by atoms with Crippen LogP contribution in [0.5, 0.6) is 0 Å². The lowest BCUT2D eigenvalue weighted by Gasteiger charge is -2.11. The summed E-state index contributed by atoms with van der Waals surface area (Å²) in [6.07, 6.45) is -3.11. The molecule has 0 radical (unpaired) electrons. The summed E-state index contributed by atoms with van der Waals surface area (Å²) in [7, 11) is 0. The normalized spacial score (nSPS) is 11.8. The van der Waals surface area contributed by atoms with E-state index in [4.69, 9.17) is 0 Å². The summed E-state index contributed by atoms with van der Waals surface area (Å²) in [6, 6.07) is 0.988. The van der Waals surface area contributed by atoms with Crippen LogP contribution >= 0.6 is 15.9 Å². The van der Waals surface area contributed by atoms with Crippen molar-refractivity contribution in [3.63, 3.8) is 0 Å². The molecule has 1 aromatic rings. The fourth-order valence-electron chi connectivity index (χ4n) is 1.02. The van der Waals surface area contributed by atoms with Gasteiger partial charge in [-0.05, 0) is 18.6 Å². The first kappa shape index (κ1) is 10.5. The number of pyridine rings is 1. The molecule has 0 aromatic carbocycles. The third-order valence-corrected chi connectivity index (χ3v) is 2.27. The lowest BCUT2D eigenvalue weighted by Crippen LogP contribution is -2.09. The SMILES string of the molecule is Cc1c(C(F)(F)F)ccnc1CBr. The lowest BCUT2D eigenvalue weighted by molar-refractivity contribution is -0.138. The van der Waals surface area contributed by atoms with Crippen molar-refractivity contribution in [1.82, 2.24) is 4.98 Å². The van der Waals surface area contributed by atoms with Gasteiger partial charge in [-0.15, -0.1) is 0 Å². The highest BCUT2D eigenvalue weighted by atomic mass is 79.9. The van der Waals surface area contributed by atoms with E-state index in [1.165, 1.54) is 13.1 Å². The van der Waals surface area contributed by atoms with Gasteiger partial charge in [-0.25, -0.2) is 0 Å². The number of halogens is 4. The summed E-state index contributed by atoms with van der Waals surface area (Å²) >= 11 is 3.08. The topological polar surface area (TPSA) is 12.9 Å². The van der Waals surface area contributed by atoms with E-state index in [0.717, 1.165) is 6.07 Å².